The van der Waals surface area contributed by atoms with Crippen molar-refractivity contribution in [2.75, 3.05) is 26.4 Å². The number of hydrogen-bond donors (Lipinski definition) is 2. The average Bonchev–Trinajstić information content (AvgIpc) is 3.22. The zero-order chi connectivity index (χ0) is 43.2. The van der Waals surface area contributed by atoms with Crippen molar-refractivity contribution >= 4 is 19.8 Å². The van der Waals surface area contributed by atoms with Crippen molar-refractivity contribution in [2.24, 2.45) is 5.73 Å². The van der Waals surface area contributed by atoms with Gasteiger partial charge in [-0.05, 0) is 77.0 Å². The summed E-state index contributed by atoms with van der Waals surface area (Å²) in [4.78, 5) is 35.0. The third-order valence-corrected chi connectivity index (χ3v) is 11.2. The van der Waals surface area contributed by atoms with Crippen LogP contribution in [0.15, 0.2) is 48.6 Å². The van der Waals surface area contributed by atoms with E-state index < -0.39 is 32.5 Å². The molecule has 0 amide bonds. The third kappa shape index (κ3) is 45.3. The van der Waals surface area contributed by atoms with E-state index in [0.717, 1.165) is 64.2 Å². The smallest absolute Gasteiger partial charge is 0.462 e. The molecule has 2 atom stereocenters. The number of ether oxygens (including phenoxy) is 2. The van der Waals surface area contributed by atoms with Crippen LogP contribution >= 0.6 is 7.82 Å². The number of carbonyl (C=O) groups is 2. The molecule has 344 valence electrons. The molecule has 0 rings (SSSR count). The molecular weight excluding hydrogens is 762 g/mol. The van der Waals surface area contributed by atoms with Gasteiger partial charge >= 0.3 is 19.8 Å². The van der Waals surface area contributed by atoms with Crippen LogP contribution in [0.1, 0.15) is 219 Å². The van der Waals surface area contributed by atoms with Crippen molar-refractivity contribution in [1.82, 2.24) is 0 Å². The molecule has 0 aliphatic carbocycles. The first-order valence-corrected chi connectivity index (χ1v) is 25.6. The number of phosphoric acid groups is 1. The minimum absolute atomic E-state index is 0.0500. The highest BCUT2D eigenvalue weighted by Gasteiger charge is 2.26. The molecule has 0 aromatic rings. The first-order chi connectivity index (χ1) is 28.8. The fourth-order valence-electron chi connectivity index (χ4n) is 6.58. The molecule has 0 aliphatic rings. The zero-order valence-electron chi connectivity index (χ0n) is 38.0. The Morgan fingerprint density at radius 2 is 0.881 bits per heavy atom. The molecule has 0 aromatic carbocycles. The number of phosphoric ester groups is 1. The SMILES string of the molecule is CCCCC/C=C\C/C=C\CCCCCCCC(=O)OCC(COP(=O)(O)OCCN)OC(=O)CCCCCCCCCCCCC/C=C\C/C=C\CCCCCCC. The van der Waals surface area contributed by atoms with Gasteiger partial charge in [0.2, 0.25) is 0 Å². The number of unbranched alkanes of at least 4 members (excludes halogenated alkanes) is 24. The number of nitrogens with two attached hydrogens (primary N) is 1. The van der Waals surface area contributed by atoms with Crippen molar-refractivity contribution in [3.05, 3.63) is 48.6 Å². The van der Waals surface area contributed by atoms with Crippen molar-refractivity contribution in [1.29, 1.82) is 0 Å². The van der Waals surface area contributed by atoms with E-state index >= 15 is 0 Å². The molecule has 0 bridgehead atoms. The molecule has 0 aromatic heterocycles. The van der Waals surface area contributed by atoms with Gasteiger partial charge in [0.15, 0.2) is 6.10 Å². The molecule has 0 aliphatic heterocycles. The van der Waals surface area contributed by atoms with Crippen molar-refractivity contribution < 1.29 is 37.6 Å². The Hall–Kier alpha value is -2.03. The highest BCUT2D eigenvalue weighted by atomic mass is 31.2. The van der Waals surface area contributed by atoms with Gasteiger partial charge in [0.05, 0.1) is 13.2 Å². The number of esters is 2. The second kappa shape index (κ2) is 45.5. The van der Waals surface area contributed by atoms with Crippen LogP contribution in [0.5, 0.6) is 0 Å². The van der Waals surface area contributed by atoms with Gasteiger partial charge in [-0.2, -0.15) is 0 Å². The summed E-state index contributed by atoms with van der Waals surface area (Å²) in [6.45, 7) is 3.69. The van der Waals surface area contributed by atoms with Gasteiger partial charge in [-0.3, -0.25) is 18.6 Å². The lowest BCUT2D eigenvalue weighted by atomic mass is 10.0. The molecule has 0 fully saturated rings. The summed E-state index contributed by atoms with van der Waals surface area (Å²) in [6, 6.07) is 0. The minimum atomic E-state index is -4.38. The van der Waals surface area contributed by atoms with Crippen LogP contribution in [0.2, 0.25) is 0 Å². The van der Waals surface area contributed by atoms with E-state index in [2.05, 4.69) is 62.5 Å². The van der Waals surface area contributed by atoms with Gasteiger partial charge in [-0.15, -0.1) is 0 Å². The van der Waals surface area contributed by atoms with E-state index in [-0.39, 0.29) is 32.6 Å². The van der Waals surface area contributed by atoms with Crippen LogP contribution in [-0.4, -0.2) is 49.3 Å². The van der Waals surface area contributed by atoms with Crippen LogP contribution in [0.25, 0.3) is 0 Å². The molecule has 10 heteroatoms. The molecule has 0 heterocycles. The lowest BCUT2D eigenvalue weighted by molar-refractivity contribution is -0.161. The van der Waals surface area contributed by atoms with E-state index in [1.165, 1.54) is 116 Å². The van der Waals surface area contributed by atoms with Crippen LogP contribution in [0.3, 0.4) is 0 Å². The summed E-state index contributed by atoms with van der Waals surface area (Å²) in [5, 5.41) is 0. The van der Waals surface area contributed by atoms with Gasteiger partial charge in [0.25, 0.3) is 0 Å². The lowest BCUT2D eigenvalue weighted by Crippen LogP contribution is -2.29. The van der Waals surface area contributed by atoms with Crippen LogP contribution in [0.4, 0.5) is 0 Å². The van der Waals surface area contributed by atoms with Gasteiger partial charge in [-0.25, -0.2) is 4.57 Å². The van der Waals surface area contributed by atoms with Crippen molar-refractivity contribution in [3.8, 4) is 0 Å². The maximum absolute atomic E-state index is 12.6. The van der Waals surface area contributed by atoms with E-state index in [0.29, 0.717) is 12.8 Å². The molecule has 0 saturated heterocycles. The largest absolute Gasteiger partial charge is 0.472 e. The summed E-state index contributed by atoms with van der Waals surface area (Å²) in [5.41, 5.74) is 5.36. The second-order valence-electron chi connectivity index (χ2n) is 16.0. The zero-order valence-corrected chi connectivity index (χ0v) is 38.9. The van der Waals surface area contributed by atoms with Crippen molar-refractivity contribution in [3.63, 3.8) is 0 Å². The Balaban J connectivity index is 4.08. The highest BCUT2D eigenvalue weighted by Crippen LogP contribution is 2.43. The average molecular weight is 852 g/mol. The Bertz CT molecular complexity index is 1110. The van der Waals surface area contributed by atoms with Crippen LogP contribution in [0, 0.1) is 0 Å². The molecule has 0 saturated carbocycles. The molecule has 2 unspecified atom stereocenters. The maximum Gasteiger partial charge on any atom is 0.472 e. The molecule has 0 radical (unpaired) electrons. The van der Waals surface area contributed by atoms with E-state index in [4.69, 9.17) is 24.3 Å². The third-order valence-electron chi connectivity index (χ3n) is 10.2. The molecule has 59 heavy (non-hydrogen) atoms. The quantitative estimate of drug-likeness (QED) is 0.0266. The predicted octanol–water partition coefficient (Wildman–Crippen LogP) is 14.3. The number of rotatable bonds is 45. The van der Waals surface area contributed by atoms with E-state index in [9.17, 15) is 19.0 Å². The Morgan fingerprint density at radius 3 is 1.32 bits per heavy atom. The topological polar surface area (TPSA) is 134 Å². The van der Waals surface area contributed by atoms with Gasteiger partial charge in [0, 0.05) is 19.4 Å². The minimum Gasteiger partial charge on any atom is -0.462 e. The van der Waals surface area contributed by atoms with E-state index in [1.54, 1.807) is 0 Å². The van der Waals surface area contributed by atoms with Crippen LogP contribution in [-0.2, 0) is 32.7 Å². The van der Waals surface area contributed by atoms with Gasteiger partial charge in [0.1, 0.15) is 6.61 Å². The maximum atomic E-state index is 12.6. The molecular formula is C49H90NO8P. The first-order valence-electron chi connectivity index (χ1n) is 24.1. The summed E-state index contributed by atoms with van der Waals surface area (Å²) in [6.07, 6.45) is 52.8. The predicted molar refractivity (Wildman–Crippen MR) is 247 cm³/mol. The van der Waals surface area contributed by atoms with Gasteiger partial charge in [-0.1, -0.05) is 178 Å². The summed E-state index contributed by atoms with van der Waals surface area (Å²) < 4.78 is 32.8. The monoisotopic (exact) mass is 852 g/mol. The lowest BCUT2D eigenvalue weighted by Gasteiger charge is -2.19. The van der Waals surface area contributed by atoms with Gasteiger partial charge < -0.3 is 20.1 Å². The summed E-state index contributed by atoms with van der Waals surface area (Å²) in [5.74, 6) is -0.844. The Labute approximate surface area is 362 Å². The number of hydrogen-bond acceptors (Lipinski definition) is 8. The fraction of sp³-hybridized carbons (Fsp3) is 0.796. The Kier molecular flexibility index (Phi) is 43.9. The number of carbonyl (C=O) groups excluding carboxylic acids is 2. The first kappa shape index (κ1) is 57.0. The molecule has 3 N–H and O–H groups in total. The number of allylic oxidation sites excluding steroid dienone is 8. The highest BCUT2D eigenvalue weighted by molar-refractivity contribution is 7.47. The molecule has 9 nitrogen and oxygen atoms in total. The second-order valence-corrected chi connectivity index (χ2v) is 17.4. The normalized spacial score (nSPS) is 13.6. The Morgan fingerprint density at radius 1 is 0.508 bits per heavy atom. The van der Waals surface area contributed by atoms with Crippen LogP contribution < -0.4 is 5.73 Å². The molecule has 0 spiro atoms. The summed E-state index contributed by atoms with van der Waals surface area (Å²) in [7, 11) is -4.38. The van der Waals surface area contributed by atoms with Crippen molar-refractivity contribution in [2.45, 2.75) is 225 Å². The summed E-state index contributed by atoms with van der Waals surface area (Å²) >= 11 is 0. The van der Waals surface area contributed by atoms with E-state index in [1.807, 2.05) is 0 Å². The fourth-order valence-corrected chi connectivity index (χ4v) is 7.34. The standard InChI is InChI=1S/C49H90NO8P/c1-3-5-7-9-11-13-15-17-19-20-21-22-23-24-25-26-28-30-32-34-36-38-40-42-49(52)58-47(46-57-59(53,54)56-44-43-50)45-55-48(51)41-39-37-35-33-31-29-27-18-16-14-12-10-8-6-4-2/h12,14-15,17-18,20-21,27,47H,3-11,13,16,19,22-26,28-46,50H2,1-2H3,(H,53,54)/b14-12-,17-15-,21-20-,27-18-.